The zero-order valence-electron chi connectivity index (χ0n) is 13.6. The summed E-state index contributed by atoms with van der Waals surface area (Å²) in [6, 6.07) is 10.8. The minimum absolute atomic E-state index is 0.0671. The fourth-order valence-corrected chi connectivity index (χ4v) is 2.79. The van der Waals surface area contributed by atoms with Crippen LogP contribution in [0.5, 0.6) is 0 Å². The van der Waals surface area contributed by atoms with Crippen molar-refractivity contribution < 1.29 is 18.8 Å². The van der Waals surface area contributed by atoms with Crippen LogP contribution >= 0.6 is 11.6 Å². The first-order chi connectivity index (χ1) is 12.4. The van der Waals surface area contributed by atoms with Gasteiger partial charge in [-0.3, -0.25) is 14.4 Å². The molecule has 0 fully saturated rings. The van der Waals surface area contributed by atoms with Crippen molar-refractivity contribution in [2.24, 2.45) is 0 Å². The second-order valence-corrected chi connectivity index (χ2v) is 6.13. The van der Waals surface area contributed by atoms with Crippen LogP contribution in [0.4, 0.5) is 21.5 Å². The molecule has 1 aliphatic heterocycles. The lowest BCUT2D eigenvalue weighted by molar-refractivity contribution is -0.124. The molecule has 134 valence electrons. The fourth-order valence-electron chi connectivity index (χ4n) is 2.61. The number of fused-ring (bicyclic) bond motifs is 1. The molecule has 3 rings (SSSR count). The predicted molar refractivity (Wildman–Crippen MR) is 96.7 cm³/mol. The number of nitrogens with zero attached hydrogens (tertiary/aromatic N) is 1. The maximum absolute atomic E-state index is 13.1. The van der Waals surface area contributed by atoms with Gasteiger partial charge in [-0.15, -0.1) is 0 Å². The Labute approximate surface area is 153 Å². The minimum Gasteiger partial charge on any atom is -0.326 e. The van der Waals surface area contributed by atoms with Crippen LogP contribution in [0.25, 0.3) is 0 Å². The third-order valence-corrected chi connectivity index (χ3v) is 4.13. The van der Waals surface area contributed by atoms with Gasteiger partial charge in [-0.2, -0.15) is 0 Å². The maximum Gasteiger partial charge on any atom is 0.244 e. The van der Waals surface area contributed by atoms with Gasteiger partial charge in [-0.1, -0.05) is 23.7 Å². The summed E-state index contributed by atoms with van der Waals surface area (Å²) in [5.41, 5.74) is 1.50. The predicted octanol–water partition coefficient (Wildman–Crippen LogP) is 3.18. The molecule has 8 heteroatoms. The van der Waals surface area contributed by atoms with Gasteiger partial charge in [0.2, 0.25) is 17.7 Å². The van der Waals surface area contributed by atoms with Crippen LogP contribution in [-0.2, 0) is 14.4 Å². The average molecular weight is 376 g/mol. The lowest BCUT2D eigenvalue weighted by Crippen LogP contribution is -2.42. The topological polar surface area (TPSA) is 78.5 Å². The highest BCUT2D eigenvalue weighted by Crippen LogP contribution is 2.29. The van der Waals surface area contributed by atoms with Gasteiger partial charge >= 0.3 is 0 Å². The van der Waals surface area contributed by atoms with Crippen LogP contribution in [0.15, 0.2) is 42.5 Å². The van der Waals surface area contributed by atoms with Gasteiger partial charge in [0.25, 0.3) is 0 Å². The highest BCUT2D eigenvalue weighted by Gasteiger charge is 2.26. The van der Waals surface area contributed by atoms with E-state index in [-0.39, 0.29) is 36.2 Å². The Balaban J connectivity index is 1.61. The van der Waals surface area contributed by atoms with Gasteiger partial charge in [0.15, 0.2) is 0 Å². The number of benzene rings is 2. The third-order valence-electron chi connectivity index (χ3n) is 3.84. The quantitative estimate of drug-likeness (QED) is 0.861. The third kappa shape index (κ3) is 4.00. The highest BCUT2D eigenvalue weighted by molar-refractivity contribution is 6.31. The van der Waals surface area contributed by atoms with E-state index >= 15 is 0 Å². The largest absolute Gasteiger partial charge is 0.326 e. The van der Waals surface area contributed by atoms with Crippen molar-refractivity contribution in [1.29, 1.82) is 0 Å². The minimum atomic E-state index is -0.582. The molecule has 0 aliphatic carbocycles. The van der Waals surface area contributed by atoms with Crippen molar-refractivity contribution in [1.82, 2.24) is 0 Å². The van der Waals surface area contributed by atoms with Crippen molar-refractivity contribution in [2.45, 2.75) is 12.8 Å². The van der Waals surface area contributed by atoms with E-state index < -0.39 is 11.7 Å². The van der Waals surface area contributed by atoms with Gasteiger partial charge < -0.3 is 15.5 Å². The van der Waals surface area contributed by atoms with E-state index in [1.165, 1.54) is 17.0 Å². The number of halogens is 2. The molecule has 1 heterocycles. The van der Waals surface area contributed by atoms with E-state index in [9.17, 15) is 18.8 Å². The van der Waals surface area contributed by atoms with Gasteiger partial charge in [0.05, 0.1) is 16.4 Å². The van der Waals surface area contributed by atoms with Crippen LogP contribution in [0.2, 0.25) is 5.02 Å². The van der Waals surface area contributed by atoms with Gasteiger partial charge in [0.1, 0.15) is 12.4 Å². The lowest BCUT2D eigenvalue weighted by Gasteiger charge is -2.29. The summed E-state index contributed by atoms with van der Waals surface area (Å²) in [6.07, 6.45) is -0.142. The summed E-state index contributed by atoms with van der Waals surface area (Å²) in [5.74, 6) is -1.61. The number of hydrogen-bond donors (Lipinski definition) is 2. The number of carbonyl (C=O) groups excluding carboxylic acids is 3. The molecule has 1 aliphatic rings. The first-order valence-corrected chi connectivity index (χ1v) is 8.26. The number of nitrogens with one attached hydrogen (secondary N) is 2. The van der Waals surface area contributed by atoms with Crippen molar-refractivity contribution in [3.63, 3.8) is 0 Å². The van der Waals surface area contributed by atoms with Crippen LogP contribution in [0, 0.1) is 5.82 Å². The van der Waals surface area contributed by atoms with E-state index in [1.807, 2.05) is 0 Å². The molecule has 26 heavy (non-hydrogen) atoms. The molecular weight excluding hydrogens is 361 g/mol. The molecule has 2 N–H and O–H groups in total. The Morgan fingerprint density at radius 2 is 1.96 bits per heavy atom. The molecule has 0 aromatic heterocycles. The molecule has 3 amide bonds. The number of rotatable bonds is 4. The van der Waals surface area contributed by atoms with Gasteiger partial charge in [-0.25, -0.2) is 4.39 Å². The molecular formula is C18H15ClFN3O3. The standard InChI is InChI=1S/C18H15ClFN3O3/c19-12-9-11(5-6-13(12)20)21-16(24)7-8-18(26)23-10-17(25)22-14-3-1-2-4-15(14)23/h1-6,9H,7-8,10H2,(H,21,24)(H,22,25). The zero-order chi connectivity index (χ0) is 18.7. The maximum atomic E-state index is 13.1. The fraction of sp³-hybridized carbons (Fsp3) is 0.167. The number of carbonyl (C=O) groups is 3. The molecule has 0 saturated heterocycles. The van der Waals surface area contributed by atoms with Crippen LogP contribution < -0.4 is 15.5 Å². The van der Waals surface area contributed by atoms with Crippen molar-refractivity contribution in [2.75, 3.05) is 22.1 Å². The van der Waals surface area contributed by atoms with Gasteiger partial charge in [0, 0.05) is 18.5 Å². The second-order valence-electron chi connectivity index (χ2n) is 5.72. The lowest BCUT2D eigenvalue weighted by atomic mass is 10.1. The summed E-state index contributed by atoms with van der Waals surface area (Å²) >= 11 is 5.66. The molecule has 0 saturated carbocycles. The summed E-state index contributed by atoms with van der Waals surface area (Å²) in [7, 11) is 0. The van der Waals surface area contributed by atoms with E-state index in [0.29, 0.717) is 17.1 Å². The monoisotopic (exact) mass is 375 g/mol. The average Bonchev–Trinajstić information content (AvgIpc) is 2.62. The molecule has 6 nitrogen and oxygen atoms in total. The molecule has 2 aromatic carbocycles. The van der Waals surface area contributed by atoms with Gasteiger partial charge in [-0.05, 0) is 30.3 Å². The Hall–Kier alpha value is -2.93. The highest BCUT2D eigenvalue weighted by atomic mass is 35.5. The molecule has 0 radical (unpaired) electrons. The molecule has 0 atom stereocenters. The Morgan fingerprint density at radius 1 is 1.19 bits per heavy atom. The van der Waals surface area contributed by atoms with Crippen LogP contribution in [-0.4, -0.2) is 24.3 Å². The summed E-state index contributed by atoms with van der Waals surface area (Å²) < 4.78 is 13.1. The normalized spacial score (nSPS) is 13.0. The smallest absolute Gasteiger partial charge is 0.244 e. The van der Waals surface area contributed by atoms with E-state index in [4.69, 9.17) is 11.6 Å². The number of anilines is 3. The summed E-state index contributed by atoms with van der Waals surface area (Å²) in [4.78, 5) is 37.6. The molecule has 0 unspecified atom stereocenters. The zero-order valence-corrected chi connectivity index (χ0v) is 14.3. The first kappa shape index (κ1) is 17.9. The number of hydrogen-bond acceptors (Lipinski definition) is 3. The summed E-state index contributed by atoms with van der Waals surface area (Å²) in [5, 5.41) is 5.15. The van der Waals surface area contributed by atoms with Crippen molar-refractivity contribution in [3.8, 4) is 0 Å². The second kappa shape index (κ2) is 7.53. The first-order valence-electron chi connectivity index (χ1n) is 7.88. The molecule has 0 bridgehead atoms. The Kier molecular flexibility index (Phi) is 5.18. The van der Waals surface area contributed by atoms with E-state index in [2.05, 4.69) is 10.6 Å². The van der Waals surface area contributed by atoms with Crippen LogP contribution in [0.3, 0.4) is 0 Å². The van der Waals surface area contributed by atoms with Crippen molar-refractivity contribution in [3.05, 3.63) is 53.3 Å². The Morgan fingerprint density at radius 3 is 2.73 bits per heavy atom. The van der Waals surface area contributed by atoms with E-state index in [1.54, 1.807) is 24.3 Å². The summed E-state index contributed by atoms with van der Waals surface area (Å²) in [6.45, 7) is -0.0922. The molecule has 2 aromatic rings. The van der Waals surface area contributed by atoms with E-state index in [0.717, 1.165) is 6.07 Å². The molecule has 0 spiro atoms. The number of para-hydroxylation sites is 2. The van der Waals surface area contributed by atoms with Crippen molar-refractivity contribution >= 4 is 46.4 Å². The van der Waals surface area contributed by atoms with Crippen LogP contribution in [0.1, 0.15) is 12.8 Å². The SMILES string of the molecule is O=C(CCC(=O)N1CC(=O)Nc2ccccc21)Nc1ccc(F)c(Cl)c1. The number of amides is 3. The Bertz CT molecular complexity index is 888.